The lowest BCUT2D eigenvalue weighted by atomic mass is 9.32. The standard InChI is InChI=1S/C37H64O8/c1-21(2)11-10-15-35(7,45-31-30(43)29(42)28(41)22(20-38)44-31)24-13-18-36(8)34(6)17-12-23-32(3,4)26(39)14-16-33(23,5)25(34)19-27(40)37(24,36)9/h11,22-31,38-43H,10,12-20H2,1-9H3/t22-,23?,24-,25?,26+,27-,28-,29+,30-,31+,33+,34-,35+,36+,37+/m1/s1. The van der Waals surface area contributed by atoms with Gasteiger partial charge in [-0.1, -0.05) is 53.2 Å². The molecule has 8 nitrogen and oxygen atoms in total. The molecule has 0 aromatic rings. The Morgan fingerprint density at radius 3 is 2.13 bits per heavy atom. The van der Waals surface area contributed by atoms with Crippen LogP contribution < -0.4 is 0 Å². The summed E-state index contributed by atoms with van der Waals surface area (Å²) in [6.07, 6.45) is 2.36. The van der Waals surface area contributed by atoms with Crippen LogP contribution in [0.25, 0.3) is 0 Å². The van der Waals surface area contributed by atoms with Gasteiger partial charge in [-0.15, -0.1) is 0 Å². The summed E-state index contributed by atoms with van der Waals surface area (Å²) in [5.74, 6) is 0.648. The van der Waals surface area contributed by atoms with Gasteiger partial charge in [0.15, 0.2) is 6.29 Å². The first-order valence-corrected chi connectivity index (χ1v) is 17.7. The number of fused-ring (bicyclic) bond motifs is 5. The average Bonchev–Trinajstić information content (AvgIpc) is 3.26. The molecule has 5 fully saturated rings. The second-order valence-corrected chi connectivity index (χ2v) is 17.8. The Hall–Kier alpha value is -0.580. The fourth-order valence-corrected chi connectivity index (χ4v) is 12.4. The zero-order valence-corrected chi connectivity index (χ0v) is 29.4. The quantitative estimate of drug-likeness (QED) is 0.221. The molecule has 260 valence electrons. The number of hydrogen-bond acceptors (Lipinski definition) is 8. The highest BCUT2D eigenvalue weighted by Crippen LogP contribution is 2.79. The minimum atomic E-state index is -1.51. The molecule has 8 heteroatoms. The maximum atomic E-state index is 12.5. The van der Waals surface area contributed by atoms with E-state index in [1.54, 1.807) is 0 Å². The van der Waals surface area contributed by atoms with Gasteiger partial charge in [0.1, 0.15) is 24.4 Å². The molecular formula is C37H64O8. The third kappa shape index (κ3) is 5.05. The van der Waals surface area contributed by atoms with Gasteiger partial charge in [0, 0.05) is 5.41 Å². The van der Waals surface area contributed by atoms with E-state index in [9.17, 15) is 30.6 Å². The van der Waals surface area contributed by atoms with Gasteiger partial charge in [0.05, 0.1) is 24.4 Å². The maximum Gasteiger partial charge on any atom is 0.187 e. The van der Waals surface area contributed by atoms with Crippen LogP contribution in [0.3, 0.4) is 0 Å². The Bertz CT molecular complexity index is 1120. The maximum absolute atomic E-state index is 12.5. The number of ether oxygens (including phenoxy) is 2. The van der Waals surface area contributed by atoms with Crippen molar-refractivity contribution in [2.75, 3.05) is 6.61 Å². The van der Waals surface area contributed by atoms with E-state index in [0.717, 1.165) is 44.9 Å². The third-order valence-corrected chi connectivity index (χ3v) is 15.4. The molecule has 0 bridgehead atoms. The molecule has 0 aromatic heterocycles. The second-order valence-electron chi connectivity index (χ2n) is 17.8. The highest BCUT2D eigenvalue weighted by molar-refractivity contribution is 5.24. The Balaban J connectivity index is 1.53. The van der Waals surface area contributed by atoms with Crippen molar-refractivity contribution in [2.45, 2.75) is 169 Å². The topological polar surface area (TPSA) is 140 Å². The minimum Gasteiger partial charge on any atom is -0.394 e. The molecule has 0 spiro atoms. The molecule has 6 N–H and O–H groups in total. The Kier molecular flexibility index (Phi) is 9.36. The van der Waals surface area contributed by atoms with E-state index in [1.165, 1.54) is 5.57 Å². The van der Waals surface area contributed by atoms with Gasteiger partial charge in [-0.3, -0.25) is 0 Å². The highest BCUT2D eigenvalue weighted by Gasteiger charge is 2.75. The Morgan fingerprint density at radius 1 is 0.844 bits per heavy atom. The minimum absolute atomic E-state index is 0.0245. The predicted octanol–water partition coefficient (Wildman–Crippen LogP) is 4.71. The van der Waals surface area contributed by atoms with E-state index in [4.69, 9.17) is 9.47 Å². The number of hydrogen-bond donors (Lipinski definition) is 6. The van der Waals surface area contributed by atoms with Crippen LogP contribution in [0.1, 0.15) is 120 Å². The number of rotatable bonds is 7. The molecular weight excluding hydrogens is 572 g/mol. The summed E-state index contributed by atoms with van der Waals surface area (Å²) in [5, 5.41) is 65.5. The number of aliphatic hydroxyl groups excluding tert-OH is 6. The molecule has 4 saturated carbocycles. The van der Waals surface area contributed by atoms with Crippen LogP contribution in [-0.2, 0) is 9.47 Å². The van der Waals surface area contributed by atoms with E-state index < -0.39 is 54.4 Å². The molecule has 0 radical (unpaired) electrons. The zero-order valence-electron chi connectivity index (χ0n) is 29.4. The van der Waals surface area contributed by atoms with Crippen LogP contribution in [-0.4, -0.2) is 85.8 Å². The molecule has 1 saturated heterocycles. The molecule has 4 aliphatic carbocycles. The number of aliphatic hydroxyl groups is 6. The van der Waals surface area contributed by atoms with E-state index in [2.05, 4.69) is 68.4 Å². The lowest BCUT2D eigenvalue weighted by Crippen LogP contribution is -2.70. The second kappa shape index (κ2) is 11.8. The van der Waals surface area contributed by atoms with E-state index in [-0.39, 0.29) is 33.7 Å². The smallest absolute Gasteiger partial charge is 0.187 e. The lowest BCUT2D eigenvalue weighted by molar-refractivity contribution is -0.342. The molecule has 1 heterocycles. The first-order valence-electron chi connectivity index (χ1n) is 17.7. The van der Waals surface area contributed by atoms with Crippen molar-refractivity contribution in [3.05, 3.63) is 11.6 Å². The van der Waals surface area contributed by atoms with Gasteiger partial charge in [-0.25, -0.2) is 0 Å². The summed E-state index contributed by atoms with van der Waals surface area (Å²) in [4.78, 5) is 0. The molecule has 0 amide bonds. The largest absolute Gasteiger partial charge is 0.394 e. The van der Waals surface area contributed by atoms with Crippen LogP contribution in [0.5, 0.6) is 0 Å². The van der Waals surface area contributed by atoms with Gasteiger partial charge in [-0.05, 0) is 118 Å². The van der Waals surface area contributed by atoms with E-state index in [0.29, 0.717) is 24.7 Å². The summed E-state index contributed by atoms with van der Waals surface area (Å²) in [6.45, 7) is 19.8. The van der Waals surface area contributed by atoms with Gasteiger partial charge in [-0.2, -0.15) is 0 Å². The van der Waals surface area contributed by atoms with E-state index in [1.807, 2.05) is 0 Å². The van der Waals surface area contributed by atoms with Crippen LogP contribution in [0.4, 0.5) is 0 Å². The molecule has 5 rings (SSSR count). The fraction of sp³-hybridized carbons (Fsp3) is 0.946. The van der Waals surface area contributed by atoms with Crippen LogP contribution >= 0.6 is 0 Å². The first-order chi connectivity index (χ1) is 20.7. The monoisotopic (exact) mass is 636 g/mol. The zero-order chi connectivity index (χ0) is 33.5. The molecule has 45 heavy (non-hydrogen) atoms. The first kappa shape index (κ1) is 35.7. The summed E-state index contributed by atoms with van der Waals surface area (Å²) in [7, 11) is 0. The van der Waals surface area contributed by atoms with E-state index >= 15 is 0 Å². The Labute approximate surface area is 271 Å². The normalized spacial score (nSPS) is 52.2. The van der Waals surface area contributed by atoms with Crippen molar-refractivity contribution in [3.8, 4) is 0 Å². The number of allylic oxidation sites excluding steroid dienone is 2. The van der Waals surface area contributed by atoms with Crippen molar-refractivity contribution < 1.29 is 40.1 Å². The summed E-state index contributed by atoms with van der Waals surface area (Å²) < 4.78 is 12.7. The van der Waals surface area contributed by atoms with Gasteiger partial charge < -0.3 is 40.1 Å². The Morgan fingerprint density at radius 2 is 1.51 bits per heavy atom. The predicted molar refractivity (Wildman–Crippen MR) is 173 cm³/mol. The molecule has 15 atom stereocenters. The van der Waals surface area contributed by atoms with Crippen molar-refractivity contribution in [3.63, 3.8) is 0 Å². The highest BCUT2D eigenvalue weighted by atomic mass is 16.7. The van der Waals surface area contributed by atoms with Gasteiger partial charge >= 0.3 is 0 Å². The summed E-state index contributed by atoms with van der Waals surface area (Å²) in [5.41, 5.74) is -0.499. The van der Waals surface area contributed by atoms with Crippen LogP contribution in [0.15, 0.2) is 11.6 Å². The summed E-state index contributed by atoms with van der Waals surface area (Å²) in [6, 6.07) is 0. The fourth-order valence-electron chi connectivity index (χ4n) is 12.4. The van der Waals surface area contributed by atoms with Crippen molar-refractivity contribution in [1.29, 1.82) is 0 Å². The SMILES string of the molecule is CC(C)=CCC[C@](C)(O[C@@H]1O[C@H](CO)[C@@H](O)[C@H](O)[C@H]1O)[C@H]1CC[C@]2(C)[C@]1(C)[C@H](O)CC1[C@@]3(C)CC[C@H](O)C(C)(C)C3CC[C@]12C. The third-order valence-electron chi connectivity index (χ3n) is 15.4. The van der Waals surface area contributed by atoms with Crippen LogP contribution in [0.2, 0.25) is 0 Å². The lowest BCUT2D eigenvalue weighted by Gasteiger charge is -2.73. The van der Waals surface area contributed by atoms with Crippen molar-refractivity contribution in [2.24, 2.45) is 44.8 Å². The van der Waals surface area contributed by atoms with Gasteiger partial charge in [0.2, 0.25) is 0 Å². The molecule has 0 aromatic carbocycles. The molecule has 5 aliphatic rings. The van der Waals surface area contributed by atoms with Gasteiger partial charge in [0.25, 0.3) is 0 Å². The van der Waals surface area contributed by atoms with Crippen molar-refractivity contribution in [1.82, 2.24) is 0 Å². The average molecular weight is 637 g/mol. The van der Waals surface area contributed by atoms with Crippen molar-refractivity contribution >= 4 is 0 Å². The molecule has 2 unspecified atom stereocenters. The van der Waals surface area contributed by atoms with Crippen LogP contribution in [0, 0.1) is 44.8 Å². The molecule has 1 aliphatic heterocycles. The summed E-state index contributed by atoms with van der Waals surface area (Å²) >= 11 is 0.